The zero-order valence-corrected chi connectivity index (χ0v) is 11.8. The van der Waals surface area contributed by atoms with E-state index in [0.29, 0.717) is 25.9 Å². The summed E-state index contributed by atoms with van der Waals surface area (Å²) in [5.41, 5.74) is 0. The van der Waals surface area contributed by atoms with Crippen LogP contribution in [0.5, 0.6) is 0 Å². The van der Waals surface area contributed by atoms with Crippen LogP contribution in [0.4, 0.5) is 0 Å². The molecule has 1 saturated heterocycles. The number of sulfone groups is 1. The molecule has 0 saturated carbocycles. The molecule has 1 unspecified atom stereocenters. The molecule has 0 bridgehead atoms. The lowest BCUT2D eigenvalue weighted by Crippen LogP contribution is -2.42. The number of rotatable bonds is 5. The van der Waals surface area contributed by atoms with E-state index in [-0.39, 0.29) is 23.4 Å². The van der Waals surface area contributed by atoms with E-state index in [0.717, 1.165) is 6.42 Å². The summed E-state index contributed by atoms with van der Waals surface area (Å²) in [6.07, 6.45) is 1.47. The maximum absolute atomic E-state index is 11.8. The number of hydrogen-bond acceptors (Lipinski definition) is 4. The van der Waals surface area contributed by atoms with Gasteiger partial charge in [-0.25, -0.2) is 8.42 Å². The summed E-state index contributed by atoms with van der Waals surface area (Å²) in [5, 5.41) is 0. The molecule has 0 aromatic carbocycles. The fourth-order valence-corrected chi connectivity index (χ4v) is 3.67. The lowest BCUT2D eigenvalue weighted by atomic mass is 10.1. The third-order valence-electron chi connectivity index (χ3n) is 3.25. The normalized spacial score (nSPS) is 18.8. The Morgan fingerprint density at radius 1 is 1.33 bits per heavy atom. The topological polar surface area (TPSA) is 71.5 Å². The Morgan fingerprint density at radius 3 is 2.39 bits per heavy atom. The van der Waals surface area contributed by atoms with E-state index < -0.39 is 15.6 Å². The molecular formula is C12H21NO4S. The minimum absolute atomic E-state index is 0.0576. The van der Waals surface area contributed by atoms with E-state index in [1.54, 1.807) is 0 Å². The monoisotopic (exact) mass is 275 g/mol. The van der Waals surface area contributed by atoms with Crippen LogP contribution >= 0.6 is 0 Å². The second-order valence-corrected chi connectivity index (χ2v) is 7.10. The van der Waals surface area contributed by atoms with Crippen LogP contribution in [0, 0.1) is 5.92 Å². The average Bonchev–Trinajstić information content (AvgIpc) is 2.28. The Bertz CT molecular complexity index is 406. The highest BCUT2D eigenvalue weighted by Crippen LogP contribution is 2.10. The fraction of sp³-hybridized carbons (Fsp3) is 0.833. The molecule has 1 aliphatic rings. The third kappa shape index (κ3) is 4.76. The molecule has 5 nitrogen and oxygen atoms in total. The van der Waals surface area contributed by atoms with Gasteiger partial charge in [0.05, 0.1) is 5.75 Å². The lowest BCUT2D eigenvalue weighted by Gasteiger charge is -2.26. The number of carbonyl (C=O) groups excluding carboxylic acids is 2. The first-order valence-corrected chi connectivity index (χ1v) is 8.16. The molecule has 0 aromatic heterocycles. The van der Waals surface area contributed by atoms with Crippen molar-refractivity contribution in [2.45, 2.75) is 33.1 Å². The largest absolute Gasteiger partial charge is 0.341 e. The number of ketones is 1. The van der Waals surface area contributed by atoms with Crippen LogP contribution in [0.15, 0.2) is 0 Å². The number of likely N-dealkylation sites (tertiary alicyclic amines) is 1. The van der Waals surface area contributed by atoms with Gasteiger partial charge in [0.2, 0.25) is 5.91 Å². The molecule has 0 radical (unpaired) electrons. The number of piperidine rings is 1. The van der Waals surface area contributed by atoms with Crippen molar-refractivity contribution in [3.63, 3.8) is 0 Å². The molecule has 1 rings (SSSR count). The predicted molar refractivity (Wildman–Crippen MR) is 68.9 cm³/mol. The van der Waals surface area contributed by atoms with E-state index in [1.807, 2.05) is 13.8 Å². The van der Waals surface area contributed by atoms with Crippen LogP contribution in [-0.4, -0.2) is 49.6 Å². The van der Waals surface area contributed by atoms with Gasteiger partial charge in [0.15, 0.2) is 9.84 Å². The molecule has 0 spiro atoms. The molecule has 1 aliphatic heterocycles. The Morgan fingerprint density at radius 2 is 1.89 bits per heavy atom. The Hall–Kier alpha value is -0.910. The molecule has 1 atom stereocenters. The van der Waals surface area contributed by atoms with E-state index >= 15 is 0 Å². The first-order valence-electron chi connectivity index (χ1n) is 6.34. The van der Waals surface area contributed by atoms with Gasteiger partial charge < -0.3 is 4.90 Å². The van der Waals surface area contributed by atoms with Crippen LogP contribution < -0.4 is 0 Å². The van der Waals surface area contributed by atoms with Crippen molar-refractivity contribution < 1.29 is 18.0 Å². The summed E-state index contributed by atoms with van der Waals surface area (Å²) in [7, 11) is -3.33. The van der Waals surface area contributed by atoms with Gasteiger partial charge >= 0.3 is 0 Å². The highest BCUT2D eigenvalue weighted by molar-refractivity contribution is 7.92. The first kappa shape index (κ1) is 15.1. The zero-order chi connectivity index (χ0) is 13.8. The number of nitrogens with zero attached hydrogens (tertiary/aromatic N) is 1. The minimum atomic E-state index is -3.33. The van der Waals surface area contributed by atoms with E-state index in [9.17, 15) is 18.0 Å². The molecule has 0 aromatic rings. The zero-order valence-electron chi connectivity index (χ0n) is 11.0. The third-order valence-corrected chi connectivity index (χ3v) is 5.02. The maximum atomic E-state index is 11.8. The van der Waals surface area contributed by atoms with E-state index in [2.05, 4.69) is 0 Å². The van der Waals surface area contributed by atoms with Crippen molar-refractivity contribution in [2.75, 3.05) is 24.6 Å². The van der Waals surface area contributed by atoms with Gasteiger partial charge in [-0.3, -0.25) is 9.59 Å². The van der Waals surface area contributed by atoms with E-state index in [4.69, 9.17) is 0 Å². The van der Waals surface area contributed by atoms with Crippen LogP contribution in [0.1, 0.15) is 33.1 Å². The van der Waals surface area contributed by atoms with Crippen LogP contribution in [0.25, 0.3) is 0 Å². The Kier molecular flexibility index (Phi) is 5.31. The number of carbonyl (C=O) groups is 2. The molecule has 104 valence electrons. The van der Waals surface area contributed by atoms with Crippen LogP contribution in [0.2, 0.25) is 0 Å². The molecule has 6 heteroatoms. The van der Waals surface area contributed by atoms with Gasteiger partial charge in [0.1, 0.15) is 11.5 Å². The predicted octanol–water partition coefficient (Wildman–Crippen LogP) is 0.639. The van der Waals surface area contributed by atoms with Crippen LogP contribution in [-0.2, 0) is 19.4 Å². The Balaban J connectivity index is 2.51. The second kappa shape index (κ2) is 6.31. The maximum Gasteiger partial charge on any atom is 0.237 e. The molecule has 0 N–H and O–H groups in total. The van der Waals surface area contributed by atoms with Gasteiger partial charge in [-0.2, -0.15) is 0 Å². The smallest absolute Gasteiger partial charge is 0.237 e. The summed E-state index contributed by atoms with van der Waals surface area (Å²) < 4.78 is 23.6. The van der Waals surface area contributed by atoms with Crippen molar-refractivity contribution >= 4 is 21.5 Å². The summed E-state index contributed by atoms with van der Waals surface area (Å²) >= 11 is 0. The summed E-state index contributed by atoms with van der Waals surface area (Å²) in [5.74, 6) is -0.522. The molecule has 1 heterocycles. The number of amides is 1. The number of hydrogen-bond donors (Lipinski definition) is 0. The van der Waals surface area contributed by atoms with Gasteiger partial charge in [0, 0.05) is 25.9 Å². The highest BCUT2D eigenvalue weighted by atomic mass is 32.2. The number of Topliss-reactive ketones (excluding diaryl/α,β-unsaturated/α-hetero) is 1. The standard InChI is InChI=1S/C12H21NO4S/c1-3-10(2)8-18(16,17)9-12(15)13-6-4-11(14)5-7-13/h10H,3-9H2,1-2H3. The van der Waals surface area contributed by atoms with Gasteiger partial charge in [0.25, 0.3) is 0 Å². The van der Waals surface area contributed by atoms with Gasteiger partial charge in [-0.1, -0.05) is 20.3 Å². The average molecular weight is 275 g/mol. The lowest BCUT2D eigenvalue weighted by molar-refractivity contribution is -0.132. The van der Waals surface area contributed by atoms with Crippen molar-refractivity contribution in [3.8, 4) is 0 Å². The van der Waals surface area contributed by atoms with E-state index in [1.165, 1.54) is 4.90 Å². The second-order valence-electron chi connectivity index (χ2n) is 4.99. The van der Waals surface area contributed by atoms with Crippen molar-refractivity contribution in [1.82, 2.24) is 4.90 Å². The van der Waals surface area contributed by atoms with Gasteiger partial charge in [-0.05, 0) is 5.92 Å². The quantitative estimate of drug-likeness (QED) is 0.738. The summed E-state index contributed by atoms with van der Waals surface area (Å²) in [4.78, 5) is 24.4. The van der Waals surface area contributed by atoms with Crippen molar-refractivity contribution in [1.29, 1.82) is 0 Å². The molecule has 0 aliphatic carbocycles. The van der Waals surface area contributed by atoms with Crippen molar-refractivity contribution in [3.05, 3.63) is 0 Å². The molecule has 1 fully saturated rings. The highest BCUT2D eigenvalue weighted by Gasteiger charge is 2.25. The molecular weight excluding hydrogens is 254 g/mol. The summed E-state index contributed by atoms with van der Waals surface area (Å²) in [6, 6.07) is 0. The van der Waals surface area contributed by atoms with Crippen molar-refractivity contribution in [2.24, 2.45) is 5.92 Å². The molecule has 1 amide bonds. The molecule has 18 heavy (non-hydrogen) atoms. The van der Waals surface area contributed by atoms with Gasteiger partial charge in [-0.15, -0.1) is 0 Å². The SMILES string of the molecule is CCC(C)CS(=O)(=O)CC(=O)N1CCC(=O)CC1. The first-order chi connectivity index (χ1) is 8.34. The summed E-state index contributed by atoms with van der Waals surface area (Å²) in [6.45, 7) is 4.51. The fourth-order valence-electron chi connectivity index (χ4n) is 1.90. The van der Waals surface area contributed by atoms with Crippen LogP contribution in [0.3, 0.4) is 0 Å². The Labute approximate surface area is 108 Å². The minimum Gasteiger partial charge on any atom is -0.341 e.